The Balaban J connectivity index is 1.30. The summed E-state index contributed by atoms with van der Waals surface area (Å²) in [6, 6.07) is 17.6. The first-order valence-electron chi connectivity index (χ1n) is 12.7. The van der Waals surface area contributed by atoms with E-state index < -0.39 is 0 Å². The van der Waals surface area contributed by atoms with E-state index in [9.17, 15) is 10.1 Å². The zero-order valence-electron chi connectivity index (χ0n) is 19.5. The molecule has 176 valence electrons. The largest absolute Gasteiger partial charge is 0.491 e. The maximum atomic E-state index is 12.2. The van der Waals surface area contributed by atoms with Crippen molar-refractivity contribution in [1.29, 1.82) is 5.26 Å². The third kappa shape index (κ3) is 3.73. The van der Waals surface area contributed by atoms with Gasteiger partial charge in [0, 0.05) is 43.1 Å². The van der Waals surface area contributed by atoms with E-state index in [1.165, 1.54) is 6.42 Å². The Morgan fingerprint density at radius 2 is 1.91 bits per heavy atom. The summed E-state index contributed by atoms with van der Waals surface area (Å²) in [5.41, 5.74) is 4.30. The Kier molecular flexibility index (Phi) is 5.66. The number of rotatable bonds is 6. The van der Waals surface area contributed by atoms with Crippen LogP contribution in [0.4, 0.5) is 11.4 Å². The van der Waals surface area contributed by atoms with Crippen LogP contribution >= 0.6 is 0 Å². The third-order valence-corrected chi connectivity index (χ3v) is 7.92. The lowest BCUT2D eigenvalue weighted by Crippen LogP contribution is -2.41. The van der Waals surface area contributed by atoms with Crippen molar-refractivity contribution in [3.63, 3.8) is 0 Å². The van der Waals surface area contributed by atoms with E-state index in [0.29, 0.717) is 19.1 Å². The minimum atomic E-state index is -0.234. The molecule has 0 radical (unpaired) electrons. The summed E-state index contributed by atoms with van der Waals surface area (Å²) >= 11 is 0. The third-order valence-electron chi connectivity index (χ3n) is 7.92. The van der Waals surface area contributed by atoms with Gasteiger partial charge in [0.2, 0.25) is 5.91 Å². The molecule has 2 saturated heterocycles. The number of fused-ring (bicyclic) bond motifs is 1. The van der Waals surface area contributed by atoms with Crippen LogP contribution < -0.4 is 14.5 Å². The second-order valence-corrected chi connectivity index (χ2v) is 9.95. The van der Waals surface area contributed by atoms with E-state index in [4.69, 9.17) is 9.47 Å². The second-order valence-electron chi connectivity index (χ2n) is 9.95. The van der Waals surface area contributed by atoms with Crippen molar-refractivity contribution in [1.82, 2.24) is 0 Å². The van der Waals surface area contributed by atoms with Crippen molar-refractivity contribution in [2.75, 3.05) is 29.6 Å². The van der Waals surface area contributed by atoms with Crippen LogP contribution in [-0.4, -0.2) is 37.8 Å². The van der Waals surface area contributed by atoms with E-state index >= 15 is 0 Å². The van der Waals surface area contributed by atoms with Crippen LogP contribution in [0.25, 0.3) is 0 Å². The van der Waals surface area contributed by atoms with Gasteiger partial charge >= 0.3 is 0 Å². The lowest BCUT2D eigenvalue weighted by molar-refractivity contribution is -0.117. The second kappa shape index (κ2) is 8.96. The Morgan fingerprint density at radius 1 is 1.06 bits per heavy atom. The zero-order valence-corrected chi connectivity index (χ0v) is 19.5. The van der Waals surface area contributed by atoms with E-state index in [1.54, 1.807) is 0 Å². The molecule has 3 heterocycles. The Labute approximate surface area is 201 Å². The number of anilines is 2. The highest BCUT2D eigenvalue weighted by Gasteiger charge is 2.44. The average molecular weight is 458 g/mol. The van der Waals surface area contributed by atoms with Crippen LogP contribution in [0.5, 0.6) is 5.75 Å². The molecule has 3 aliphatic heterocycles. The van der Waals surface area contributed by atoms with Gasteiger partial charge in [-0.1, -0.05) is 18.2 Å². The summed E-state index contributed by atoms with van der Waals surface area (Å²) in [4.78, 5) is 16.5. The van der Waals surface area contributed by atoms with Crippen LogP contribution in [-0.2, 0) is 9.53 Å². The molecule has 34 heavy (non-hydrogen) atoms. The SMILES string of the molecule is N#CC1c2ccc(OC[C@H]3CCCO3)cc2N(C2CCC2)C1c1ccc(N2CCCC2=O)cc1. The molecule has 1 amide bonds. The van der Waals surface area contributed by atoms with Crippen LogP contribution in [0.1, 0.15) is 68.0 Å². The van der Waals surface area contributed by atoms with Gasteiger partial charge in [0.25, 0.3) is 0 Å². The topological polar surface area (TPSA) is 65.8 Å². The molecular formula is C28H31N3O3. The first kappa shape index (κ1) is 21.5. The molecule has 2 aromatic rings. The molecule has 0 bridgehead atoms. The molecule has 4 aliphatic rings. The highest BCUT2D eigenvalue weighted by Crippen LogP contribution is 2.53. The van der Waals surface area contributed by atoms with Crippen molar-refractivity contribution < 1.29 is 14.3 Å². The Bertz CT molecular complexity index is 1100. The Hall–Kier alpha value is -3.04. The van der Waals surface area contributed by atoms with Crippen molar-refractivity contribution in [2.24, 2.45) is 0 Å². The summed E-state index contributed by atoms with van der Waals surface area (Å²) < 4.78 is 11.8. The van der Waals surface area contributed by atoms with Gasteiger partial charge < -0.3 is 19.3 Å². The summed E-state index contributed by atoms with van der Waals surface area (Å²) in [5, 5.41) is 10.2. The molecule has 6 nitrogen and oxygen atoms in total. The molecule has 1 saturated carbocycles. The summed E-state index contributed by atoms with van der Waals surface area (Å²) in [6.45, 7) is 2.19. The van der Waals surface area contributed by atoms with Gasteiger partial charge in [0.05, 0.1) is 24.1 Å². The molecule has 6 heteroatoms. The quantitative estimate of drug-likeness (QED) is 0.604. The summed E-state index contributed by atoms with van der Waals surface area (Å²) in [6.07, 6.45) is 7.40. The molecule has 2 aromatic carbocycles. The number of nitriles is 1. The van der Waals surface area contributed by atoms with E-state index in [0.717, 1.165) is 73.5 Å². The highest BCUT2D eigenvalue weighted by atomic mass is 16.5. The van der Waals surface area contributed by atoms with Gasteiger partial charge in [0.1, 0.15) is 12.4 Å². The zero-order chi connectivity index (χ0) is 23.1. The van der Waals surface area contributed by atoms with Gasteiger partial charge in [-0.2, -0.15) is 5.26 Å². The van der Waals surface area contributed by atoms with Crippen molar-refractivity contribution >= 4 is 17.3 Å². The van der Waals surface area contributed by atoms with Crippen LogP contribution in [0, 0.1) is 11.3 Å². The smallest absolute Gasteiger partial charge is 0.227 e. The van der Waals surface area contributed by atoms with Crippen molar-refractivity contribution in [3.05, 3.63) is 53.6 Å². The van der Waals surface area contributed by atoms with E-state index in [-0.39, 0.29) is 24.0 Å². The molecule has 1 aliphatic carbocycles. The van der Waals surface area contributed by atoms with Gasteiger partial charge in [-0.05, 0) is 67.9 Å². The van der Waals surface area contributed by atoms with E-state index in [2.05, 4.69) is 35.2 Å². The van der Waals surface area contributed by atoms with Crippen molar-refractivity contribution in [2.45, 2.75) is 69.1 Å². The molecule has 0 spiro atoms. The molecule has 2 unspecified atom stereocenters. The van der Waals surface area contributed by atoms with E-state index in [1.807, 2.05) is 23.1 Å². The fraction of sp³-hybridized carbons (Fsp3) is 0.500. The first-order valence-corrected chi connectivity index (χ1v) is 12.7. The molecule has 6 rings (SSSR count). The molecule has 3 atom stereocenters. The molecule has 0 aromatic heterocycles. The number of hydrogen-bond acceptors (Lipinski definition) is 5. The number of amides is 1. The van der Waals surface area contributed by atoms with Crippen LogP contribution in [0.3, 0.4) is 0 Å². The highest BCUT2D eigenvalue weighted by molar-refractivity contribution is 5.95. The first-order chi connectivity index (χ1) is 16.7. The normalized spacial score (nSPS) is 26.4. The standard InChI is InChI=1S/C28H31N3O3/c29-17-25-24-13-12-22(34-18-23-6-3-15-33-23)16-26(24)31(21-4-1-5-21)28(25)19-8-10-20(11-9-19)30-14-2-7-27(30)32/h8-13,16,21,23,25,28H,1-7,14-15,18H2/t23-,25?,28?/m1/s1. The minimum absolute atomic E-state index is 0.0259. The maximum Gasteiger partial charge on any atom is 0.227 e. The van der Waals surface area contributed by atoms with Gasteiger partial charge in [0.15, 0.2) is 0 Å². The predicted octanol–water partition coefficient (Wildman–Crippen LogP) is 5.09. The summed E-state index contributed by atoms with van der Waals surface area (Å²) in [5.74, 6) is 0.809. The number of hydrogen-bond donors (Lipinski definition) is 0. The molecule has 3 fully saturated rings. The van der Waals surface area contributed by atoms with Gasteiger partial charge in [-0.3, -0.25) is 4.79 Å². The Morgan fingerprint density at radius 3 is 2.56 bits per heavy atom. The molecule has 0 N–H and O–H groups in total. The maximum absolute atomic E-state index is 12.2. The van der Waals surface area contributed by atoms with Crippen LogP contribution in [0.15, 0.2) is 42.5 Å². The number of benzene rings is 2. The minimum Gasteiger partial charge on any atom is -0.491 e. The average Bonchev–Trinajstić information content (AvgIpc) is 3.56. The fourth-order valence-electron chi connectivity index (χ4n) is 5.90. The number of ether oxygens (including phenoxy) is 2. The van der Waals surface area contributed by atoms with Crippen LogP contribution in [0.2, 0.25) is 0 Å². The number of carbonyl (C=O) groups is 1. The number of carbonyl (C=O) groups excluding carboxylic acids is 1. The van der Waals surface area contributed by atoms with Crippen molar-refractivity contribution in [3.8, 4) is 11.8 Å². The fourth-order valence-corrected chi connectivity index (χ4v) is 5.90. The van der Waals surface area contributed by atoms with Gasteiger partial charge in [-0.25, -0.2) is 0 Å². The van der Waals surface area contributed by atoms with Gasteiger partial charge in [-0.15, -0.1) is 0 Å². The summed E-state index contributed by atoms with van der Waals surface area (Å²) in [7, 11) is 0. The molecular weight excluding hydrogens is 426 g/mol. The number of nitrogens with zero attached hydrogens (tertiary/aromatic N) is 3. The lowest BCUT2D eigenvalue weighted by atomic mass is 9.87. The predicted molar refractivity (Wildman–Crippen MR) is 130 cm³/mol. The monoisotopic (exact) mass is 457 g/mol. The lowest BCUT2D eigenvalue weighted by Gasteiger charge is -2.41.